The molecule has 2 aromatic heterocycles. The van der Waals surface area contributed by atoms with Crippen LogP contribution in [-0.4, -0.2) is 14.5 Å². The summed E-state index contributed by atoms with van der Waals surface area (Å²) in [7, 11) is 0. The Balaban J connectivity index is 1.82. The van der Waals surface area contributed by atoms with Crippen molar-refractivity contribution in [1.29, 1.82) is 0 Å². The summed E-state index contributed by atoms with van der Waals surface area (Å²) >= 11 is 0. The Kier molecular flexibility index (Phi) is 3.04. The molecule has 120 valence electrons. The predicted molar refractivity (Wildman–Crippen MR) is 98.0 cm³/mol. The maximum Gasteiger partial charge on any atom is 0.160 e. The molecular weight excluding hydrogens is 313 g/mol. The largest absolute Gasteiger partial charge is 0.319 e. The van der Waals surface area contributed by atoms with E-state index in [2.05, 4.69) is 16.7 Å². The molecular formula is C21H14FN3. The van der Waals surface area contributed by atoms with Crippen molar-refractivity contribution in [3.05, 3.63) is 84.2 Å². The number of fused-ring (bicyclic) bond motifs is 4. The number of hydrogen-bond donors (Lipinski definition) is 0. The SMILES string of the molecule is Fc1ccc(Cn2c3ccccc3c3nc4ccccc4nc32)cc1. The van der Waals surface area contributed by atoms with Crippen LogP contribution >= 0.6 is 0 Å². The zero-order chi connectivity index (χ0) is 16.8. The van der Waals surface area contributed by atoms with Crippen LogP contribution in [0.15, 0.2) is 72.8 Å². The van der Waals surface area contributed by atoms with Crippen molar-refractivity contribution < 1.29 is 4.39 Å². The lowest BCUT2D eigenvalue weighted by Gasteiger charge is -2.07. The molecule has 0 aliphatic heterocycles. The van der Waals surface area contributed by atoms with Crippen LogP contribution < -0.4 is 0 Å². The average Bonchev–Trinajstić information content (AvgIpc) is 2.95. The lowest BCUT2D eigenvalue weighted by Crippen LogP contribution is -2.01. The van der Waals surface area contributed by atoms with E-state index in [1.54, 1.807) is 0 Å². The molecule has 3 aromatic carbocycles. The summed E-state index contributed by atoms with van der Waals surface area (Å²) in [6.45, 7) is 0.622. The number of rotatable bonds is 2. The van der Waals surface area contributed by atoms with Crippen molar-refractivity contribution in [2.45, 2.75) is 6.54 Å². The van der Waals surface area contributed by atoms with Gasteiger partial charge in [-0.3, -0.25) is 0 Å². The Hall–Kier alpha value is -3.27. The molecule has 0 bridgehead atoms. The van der Waals surface area contributed by atoms with Gasteiger partial charge in [-0.05, 0) is 35.9 Å². The minimum Gasteiger partial charge on any atom is -0.319 e. The van der Waals surface area contributed by atoms with Gasteiger partial charge in [0.1, 0.15) is 11.3 Å². The van der Waals surface area contributed by atoms with Gasteiger partial charge in [-0.15, -0.1) is 0 Å². The molecule has 25 heavy (non-hydrogen) atoms. The third-order valence-corrected chi connectivity index (χ3v) is 4.51. The Morgan fingerprint density at radius 3 is 2.24 bits per heavy atom. The fourth-order valence-electron chi connectivity index (χ4n) is 3.32. The van der Waals surface area contributed by atoms with Crippen LogP contribution in [0.4, 0.5) is 4.39 Å². The molecule has 0 saturated carbocycles. The Bertz CT molecular complexity index is 1220. The highest BCUT2D eigenvalue weighted by Gasteiger charge is 2.14. The van der Waals surface area contributed by atoms with Gasteiger partial charge < -0.3 is 4.57 Å². The van der Waals surface area contributed by atoms with Gasteiger partial charge in [0.15, 0.2) is 5.65 Å². The van der Waals surface area contributed by atoms with Crippen LogP contribution in [0.1, 0.15) is 5.56 Å². The van der Waals surface area contributed by atoms with Crippen molar-refractivity contribution in [3.63, 3.8) is 0 Å². The molecule has 0 saturated heterocycles. The van der Waals surface area contributed by atoms with Gasteiger partial charge >= 0.3 is 0 Å². The highest BCUT2D eigenvalue weighted by Crippen LogP contribution is 2.28. The monoisotopic (exact) mass is 327 g/mol. The minimum atomic E-state index is -0.225. The van der Waals surface area contributed by atoms with Crippen molar-refractivity contribution in [2.75, 3.05) is 0 Å². The summed E-state index contributed by atoms with van der Waals surface area (Å²) in [5.74, 6) is -0.225. The fourth-order valence-corrected chi connectivity index (χ4v) is 3.32. The van der Waals surface area contributed by atoms with E-state index in [4.69, 9.17) is 9.97 Å². The quantitative estimate of drug-likeness (QED) is 0.460. The molecule has 0 aliphatic rings. The third kappa shape index (κ3) is 2.26. The predicted octanol–water partition coefficient (Wildman–Crippen LogP) is 4.93. The van der Waals surface area contributed by atoms with Crippen LogP contribution in [0.2, 0.25) is 0 Å². The second-order valence-electron chi connectivity index (χ2n) is 6.11. The molecule has 0 fully saturated rings. The molecule has 0 N–H and O–H groups in total. The first kappa shape index (κ1) is 14.1. The summed E-state index contributed by atoms with van der Waals surface area (Å²) < 4.78 is 15.4. The Morgan fingerprint density at radius 2 is 1.44 bits per heavy atom. The fraction of sp³-hybridized carbons (Fsp3) is 0.0476. The Morgan fingerprint density at radius 1 is 0.760 bits per heavy atom. The van der Waals surface area contributed by atoms with Crippen LogP contribution in [0.3, 0.4) is 0 Å². The summed E-state index contributed by atoms with van der Waals surface area (Å²) in [5.41, 5.74) is 5.62. The number of benzene rings is 3. The molecule has 2 heterocycles. The smallest absolute Gasteiger partial charge is 0.160 e. The van der Waals surface area contributed by atoms with Gasteiger partial charge in [0.25, 0.3) is 0 Å². The molecule has 0 atom stereocenters. The first-order valence-electron chi connectivity index (χ1n) is 8.18. The molecule has 4 heteroatoms. The zero-order valence-corrected chi connectivity index (χ0v) is 13.4. The molecule has 5 rings (SSSR count). The second kappa shape index (κ2) is 5.38. The number of halogens is 1. The van der Waals surface area contributed by atoms with Crippen molar-refractivity contribution in [2.24, 2.45) is 0 Å². The van der Waals surface area contributed by atoms with Gasteiger partial charge in [0.05, 0.1) is 16.6 Å². The summed E-state index contributed by atoms with van der Waals surface area (Å²) in [6, 6.07) is 22.7. The first-order chi connectivity index (χ1) is 12.3. The van der Waals surface area contributed by atoms with Gasteiger partial charge in [0, 0.05) is 11.9 Å². The molecule has 0 radical (unpaired) electrons. The molecule has 0 spiro atoms. The van der Waals surface area contributed by atoms with Crippen LogP contribution in [0.25, 0.3) is 33.1 Å². The second-order valence-corrected chi connectivity index (χ2v) is 6.11. The number of para-hydroxylation sites is 3. The van der Waals surface area contributed by atoms with E-state index in [-0.39, 0.29) is 5.82 Å². The van der Waals surface area contributed by atoms with E-state index in [0.717, 1.165) is 38.7 Å². The lowest BCUT2D eigenvalue weighted by molar-refractivity contribution is 0.626. The average molecular weight is 327 g/mol. The van der Waals surface area contributed by atoms with E-state index in [0.29, 0.717) is 6.54 Å². The van der Waals surface area contributed by atoms with Gasteiger partial charge in [-0.2, -0.15) is 0 Å². The molecule has 0 aliphatic carbocycles. The highest BCUT2D eigenvalue weighted by molar-refractivity contribution is 6.06. The first-order valence-corrected chi connectivity index (χ1v) is 8.18. The maximum absolute atomic E-state index is 13.2. The highest BCUT2D eigenvalue weighted by atomic mass is 19.1. The summed E-state index contributed by atoms with van der Waals surface area (Å²) in [5, 5.41) is 1.08. The van der Waals surface area contributed by atoms with Crippen LogP contribution in [0, 0.1) is 5.82 Å². The molecule has 0 amide bonds. The normalized spacial score (nSPS) is 11.6. The standard InChI is InChI=1S/C21H14FN3/c22-15-11-9-14(10-12-15)13-25-19-8-4-1-5-16(19)20-21(25)24-18-7-3-2-6-17(18)23-20/h1-12H,13H2. The van der Waals surface area contributed by atoms with Gasteiger partial charge in [-0.1, -0.05) is 42.5 Å². The maximum atomic E-state index is 13.2. The number of nitrogens with zero attached hydrogens (tertiary/aromatic N) is 3. The van der Waals surface area contributed by atoms with E-state index >= 15 is 0 Å². The van der Waals surface area contributed by atoms with E-state index in [1.807, 2.05) is 48.5 Å². The van der Waals surface area contributed by atoms with Gasteiger partial charge in [-0.25, -0.2) is 14.4 Å². The summed E-state index contributed by atoms with van der Waals surface area (Å²) in [4.78, 5) is 9.69. The van der Waals surface area contributed by atoms with Crippen molar-refractivity contribution in [3.8, 4) is 0 Å². The third-order valence-electron chi connectivity index (χ3n) is 4.51. The lowest BCUT2D eigenvalue weighted by atomic mass is 10.2. The summed E-state index contributed by atoms with van der Waals surface area (Å²) in [6.07, 6.45) is 0. The van der Waals surface area contributed by atoms with Crippen LogP contribution in [0.5, 0.6) is 0 Å². The van der Waals surface area contributed by atoms with E-state index in [9.17, 15) is 4.39 Å². The minimum absolute atomic E-state index is 0.225. The van der Waals surface area contributed by atoms with Gasteiger partial charge in [0.2, 0.25) is 0 Å². The number of aromatic nitrogens is 3. The van der Waals surface area contributed by atoms with E-state index < -0.39 is 0 Å². The van der Waals surface area contributed by atoms with Crippen molar-refractivity contribution >= 4 is 33.1 Å². The molecule has 3 nitrogen and oxygen atoms in total. The molecule has 0 unspecified atom stereocenters. The van der Waals surface area contributed by atoms with E-state index in [1.165, 1.54) is 12.1 Å². The Labute approximate surface area is 143 Å². The number of hydrogen-bond acceptors (Lipinski definition) is 2. The molecule has 5 aromatic rings. The topological polar surface area (TPSA) is 30.7 Å². The zero-order valence-electron chi connectivity index (χ0n) is 13.4. The van der Waals surface area contributed by atoms with Crippen LogP contribution in [-0.2, 0) is 6.54 Å². The van der Waals surface area contributed by atoms with Crippen molar-refractivity contribution in [1.82, 2.24) is 14.5 Å².